The number of primary amides is 1. The highest BCUT2D eigenvalue weighted by Crippen LogP contribution is 2.41. The first-order chi connectivity index (χ1) is 15.7. The van der Waals surface area contributed by atoms with Crippen molar-refractivity contribution in [3.63, 3.8) is 0 Å². The Balaban J connectivity index is 2.05. The Hall–Kier alpha value is -3.39. The fraction of sp³-hybridized carbons (Fsp3) is 0.360. The number of para-hydroxylation sites is 1. The zero-order chi connectivity index (χ0) is 23.9. The first-order valence-electron chi connectivity index (χ1n) is 11.1. The highest BCUT2D eigenvalue weighted by molar-refractivity contribution is 6.07. The number of aromatic hydroxyl groups is 1. The van der Waals surface area contributed by atoms with Crippen molar-refractivity contribution >= 4 is 22.5 Å². The van der Waals surface area contributed by atoms with Crippen molar-refractivity contribution in [2.75, 3.05) is 38.1 Å². The average molecular weight is 453 g/mol. The molecule has 174 valence electrons. The number of fused-ring (bicyclic) bond motifs is 1. The van der Waals surface area contributed by atoms with Crippen LogP contribution in [0.3, 0.4) is 0 Å². The van der Waals surface area contributed by atoms with Crippen LogP contribution in [0.4, 0.5) is 10.1 Å². The van der Waals surface area contributed by atoms with Crippen molar-refractivity contribution in [1.82, 2.24) is 9.47 Å². The van der Waals surface area contributed by atoms with Crippen molar-refractivity contribution in [3.05, 3.63) is 58.1 Å². The molecule has 0 saturated carbocycles. The van der Waals surface area contributed by atoms with Crippen molar-refractivity contribution in [2.45, 2.75) is 20.4 Å². The Morgan fingerprint density at radius 3 is 2.36 bits per heavy atom. The van der Waals surface area contributed by atoms with E-state index < -0.39 is 22.8 Å². The van der Waals surface area contributed by atoms with Gasteiger partial charge in [0, 0.05) is 43.7 Å². The molecule has 7 nitrogen and oxygen atoms in total. The van der Waals surface area contributed by atoms with E-state index in [2.05, 4.69) is 4.90 Å². The molecule has 0 radical (unpaired) electrons. The number of nitrogens with zero attached hydrogens (tertiary/aromatic N) is 3. The van der Waals surface area contributed by atoms with Gasteiger partial charge in [-0.15, -0.1) is 0 Å². The number of hydrogen-bond donors (Lipinski definition) is 2. The summed E-state index contributed by atoms with van der Waals surface area (Å²) in [5, 5.41) is 11.4. The molecule has 8 heteroatoms. The molecule has 0 spiro atoms. The van der Waals surface area contributed by atoms with Gasteiger partial charge in [0.2, 0.25) is 0 Å². The van der Waals surface area contributed by atoms with Gasteiger partial charge < -0.3 is 25.2 Å². The topological polar surface area (TPSA) is 91.8 Å². The molecule has 1 aliphatic rings. The average Bonchev–Trinajstić information content (AvgIpc) is 2.76. The Labute approximate surface area is 191 Å². The molecule has 0 atom stereocenters. The molecular formula is C25H29FN4O3. The van der Waals surface area contributed by atoms with E-state index in [1.54, 1.807) is 30.3 Å². The number of anilines is 1. The second-order valence-electron chi connectivity index (χ2n) is 9.02. The summed E-state index contributed by atoms with van der Waals surface area (Å²) >= 11 is 0. The molecule has 3 aromatic rings. The number of halogens is 1. The van der Waals surface area contributed by atoms with Gasteiger partial charge in [-0.05, 0) is 30.7 Å². The number of aromatic nitrogens is 1. The van der Waals surface area contributed by atoms with E-state index in [9.17, 15) is 14.7 Å². The molecule has 2 heterocycles. The fourth-order valence-corrected chi connectivity index (χ4v) is 4.56. The van der Waals surface area contributed by atoms with Crippen LogP contribution in [0.5, 0.6) is 5.75 Å². The lowest BCUT2D eigenvalue weighted by atomic mass is 9.95. The van der Waals surface area contributed by atoms with Gasteiger partial charge in [0.1, 0.15) is 17.1 Å². The molecule has 1 fully saturated rings. The van der Waals surface area contributed by atoms with Gasteiger partial charge in [-0.25, -0.2) is 4.39 Å². The van der Waals surface area contributed by atoms with Gasteiger partial charge >= 0.3 is 0 Å². The van der Waals surface area contributed by atoms with Crippen LogP contribution in [0.25, 0.3) is 22.0 Å². The van der Waals surface area contributed by atoms with Crippen molar-refractivity contribution < 1.29 is 14.3 Å². The minimum atomic E-state index is -0.995. The number of carbonyl (C=O) groups is 1. The highest BCUT2D eigenvalue weighted by atomic mass is 19.1. The summed E-state index contributed by atoms with van der Waals surface area (Å²) in [6.07, 6.45) is 0. The summed E-state index contributed by atoms with van der Waals surface area (Å²) in [5.41, 5.74) is 6.46. The number of rotatable bonds is 5. The third-order valence-electron chi connectivity index (χ3n) is 6.16. The minimum Gasteiger partial charge on any atom is -0.506 e. The first-order valence-corrected chi connectivity index (χ1v) is 11.1. The second-order valence-corrected chi connectivity index (χ2v) is 9.02. The maximum atomic E-state index is 15.2. The number of likely N-dealkylation sites (N-methyl/N-ethyl adjacent to an activating group) is 1. The predicted octanol–water partition coefficient (Wildman–Crippen LogP) is 3.02. The minimum absolute atomic E-state index is 0.106. The molecule has 1 saturated heterocycles. The van der Waals surface area contributed by atoms with E-state index in [4.69, 9.17) is 5.73 Å². The molecule has 1 amide bonds. The Kier molecular flexibility index (Phi) is 6.12. The Morgan fingerprint density at radius 1 is 1.09 bits per heavy atom. The number of amides is 1. The van der Waals surface area contributed by atoms with Crippen LogP contribution < -0.4 is 16.2 Å². The quantitative estimate of drug-likeness (QED) is 0.621. The van der Waals surface area contributed by atoms with Crippen LogP contribution in [0, 0.1) is 11.7 Å². The molecule has 3 N–H and O–H groups in total. The van der Waals surface area contributed by atoms with E-state index >= 15 is 4.39 Å². The Morgan fingerprint density at radius 2 is 1.73 bits per heavy atom. The molecule has 1 aliphatic heterocycles. The SMILES string of the molecule is CC(C)Cn1c(=O)c(C(N)=O)c(O)c2c(-c3cccc(F)c3N3CCN(C)CC3)cccc21. The van der Waals surface area contributed by atoms with E-state index in [0.717, 1.165) is 13.1 Å². The number of pyridine rings is 1. The standard InChI is InChI=1S/C25H29FN4O3/c1-15(2)14-30-19-9-5-6-16(20(19)23(31)21(24(27)32)25(30)33)17-7-4-8-18(26)22(17)29-12-10-28(3)11-13-29/h4-9,15,31H,10-14H2,1-3H3,(H2,27,32). The summed E-state index contributed by atoms with van der Waals surface area (Å²) < 4.78 is 16.7. The van der Waals surface area contributed by atoms with Crippen molar-refractivity contribution in [1.29, 1.82) is 0 Å². The van der Waals surface area contributed by atoms with Gasteiger partial charge in [-0.3, -0.25) is 9.59 Å². The van der Waals surface area contributed by atoms with Crippen LogP contribution in [-0.2, 0) is 6.54 Å². The van der Waals surface area contributed by atoms with Gasteiger partial charge in [-0.1, -0.05) is 38.1 Å². The Bertz CT molecular complexity index is 1280. The van der Waals surface area contributed by atoms with Gasteiger partial charge in [0.05, 0.1) is 11.2 Å². The summed E-state index contributed by atoms with van der Waals surface area (Å²) in [6.45, 7) is 7.17. The van der Waals surface area contributed by atoms with Gasteiger partial charge in [-0.2, -0.15) is 0 Å². The lowest BCUT2D eigenvalue weighted by molar-refractivity contribution is 0.0996. The number of carbonyl (C=O) groups excluding carboxylic acids is 1. The summed E-state index contributed by atoms with van der Waals surface area (Å²) in [6, 6.07) is 10.1. The normalized spacial score (nSPS) is 14.9. The first kappa shape index (κ1) is 22.8. The zero-order valence-electron chi connectivity index (χ0n) is 19.1. The largest absolute Gasteiger partial charge is 0.506 e. The molecule has 33 heavy (non-hydrogen) atoms. The lowest BCUT2D eigenvalue weighted by Gasteiger charge is -2.35. The molecule has 1 aromatic heterocycles. The van der Waals surface area contributed by atoms with E-state index in [1.807, 2.05) is 25.8 Å². The molecule has 0 bridgehead atoms. The number of hydrogen-bond acceptors (Lipinski definition) is 5. The highest BCUT2D eigenvalue weighted by Gasteiger charge is 2.26. The fourth-order valence-electron chi connectivity index (χ4n) is 4.56. The molecule has 4 rings (SSSR count). The number of piperazine rings is 1. The van der Waals surface area contributed by atoms with Crippen LogP contribution in [0.1, 0.15) is 24.2 Å². The van der Waals surface area contributed by atoms with Crippen LogP contribution in [-0.4, -0.2) is 53.7 Å². The molecule has 0 aliphatic carbocycles. The summed E-state index contributed by atoms with van der Waals surface area (Å²) in [7, 11) is 2.03. The van der Waals surface area contributed by atoms with Crippen molar-refractivity contribution in [3.8, 4) is 16.9 Å². The predicted molar refractivity (Wildman–Crippen MR) is 128 cm³/mol. The van der Waals surface area contributed by atoms with Crippen LogP contribution in [0.2, 0.25) is 0 Å². The third-order valence-corrected chi connectivity index (χ3v) is 6.16. The maximum absolute atomic E-state index is 15.2. The molecular weight excluding hydrogens is 423 g/mol. The van der Waals surface area contributed by atoms with Crippen molar-refractivity contribution in [2.24, 2.45) is 11.7 Å². The smallest absolute Gasteiger partial charge is 0.267 e. The zero-order valence-corrected chi connectivity index (χ0v) is 19.1. The molecule has 2 aromatic carbocycles. The van der Waals surface area contributed by atoms with E-state index in [-0.39, 0.29) is 11.7 Å². The van der Waals surface area contributed by atoms with Gasteiger partial charge in [0.25, 0.3) is 11.5 Å². The van der Waals surface area contributed by atoms with Crippen LogP contribution >= 0.6 is 0 Å². The lowest BCUT2D eigenvalue weighted by Crippen LogP contribution is -2.45. The van der Waals surface area contributed by atoms with Gasteiger partial charge in [0.15, 0.2) is 0 Å². The monoisotopic (exact) mass is 452 g/mol. The van der Waals surface area contributed by atoms with Crippen LogP contribution in [0.15, 0.2) is 41.2 Å². The van der Waals surface area contributed by atoms with E-state index in [0.29, 0.717) is 47.4 Å². The maximum Gasteiger partial charge on any atom is 0.267 e. The van der Waals surface area contributed by atoms with E-state index in [1.165, 1.54) is 10.6 Å². The number of nitrogens with two attached hydrogens (primary N) is 1. The number of benzene rings is 2. The third kappa shape index (κ3) is 4.06. The second kappa shape index (κ2) is 8.86. The summed E-state index contributed by atoms with van der Waals surface area (Å²) in [5.74, 6) is -1.72. The molecule has 0 unspecified atom stereocenters. The summed E-state index contributed by atoms with van der Waals surface area (Å²) in [4.78, 5) is 29.4.